The highest BCUT2D eigenvalue weighted by Gasteiger charge is 2.46. The molecule has 3 saturated heterocycles. The van der Waals surface area contributed by atoms with Crippen LogP contribution in [-0.4, -0.2) is 88.9 Å². The van der Waals surface area contributed by atoms with Gasteiger partial charge in [0.15, 0.2) is 5.82 Å². The molecule has 0 radical (unpaired) electrons. The Labute approximate surface area is 301 Å². The number of aromatic nitrogens is 2. The summed E-state index contributed by atoms with van der Waals surface area (Å²) in [7, 11) is 0. The molecule has 1 saturated carbocycles. The lowest BCUT2D eigenvalue weighted by Gasteiger charge is -2.42. The second kappa shape index (κ2) is 13.4. The summed E-state index contributed by atoms with van der Waals surface area (Å²) in [5.41, 5.74) is 8.23. The number of likely N-dealkylation sites (tertiary alicyclic amines) is 2. The van der Waals surface area contributed by atoms with E-state index in [9.17, 15) is 10.4 Å². The number of anilines is 2. The summed E-state index contributed by atoms with van der Waals surface area (Å²) < 4.78 is 45.2. The van der Waals surface area contributed by atoms with Gasteiger partial charge in [-0.25, -0.2) is 8.78 Å². The van der Waals surface area contributed by atoms with E-state index in [-0.39, 0.29) is 74.4 Å². The van der Waals surface area contributed by atoms with Gasteiger partial charge >= 0.3 is 6.01 Å². The molecule has 4 fully saturated rings. The van der Waals surface area contributed by atoms with Crippen molar-refractivity contribution < 1.29 is 23.4 Å². The molecular formula is C38H45F2N7O3S. The van der Waals surface area contributed by atoms with Gasteiger partial charge in [0.05, 0.1) is 41.8 Å². The van der Waals surface area contributed by atoms with Crippen LogP contribution in [0, 0.1) is 22.6 Å². The van der Waals surface area contributed by atoms with Crippen LogP contribution < -0.4 is 15.4 Å². The van der Waals surface area contributed by atoms with Crippen molar-refractivity contribution >= 4 is 44.5 Å². The van der Waals surface area contributed by atoms with Crippen LogP contribution in [-0.2, 0) is 18.0 Å². The Kier molecular flexibility index (Phi) is 9.03. The van der Waals surface area contributed by atoms with Crippen LogP contribution in [0.15, 0.2) is 12.7 Å². The van der Waals surface area contributed by atoms with Gasteiger partial charge in [0, 0.05) is 54.8 Å². The van der Waals surface area contributed by atoms with E-state index in [1.54, 1.807) is 6.92 Å². The van der Waals surface area contributed by atoms with Crippen LogP contribution in [0.3, 0.4) is 0 Å². The maximum absolute atomic E-state index is 17.5. The average Bonchev–Trinajstić information content (AvgIpc) is 3.49. The molecule has 3 aromatic rings. The van der Waals surface area contributed by atoms with Gasteiger partial charge in [-0.05, 0) is 82.2 Å². The van der Waals surface area contributed by atoms with Gasteiger partial charge in [-0.2, -0.15) is 15.2 Å². The number of nitrogen functional groups attached to an aromatic ring is 1. The lowest BCUT2D eigenvalue weighted by molar-refractivity contribution is 0.111. The predicted molar refractivity (Wildman–Crippen MR) is 195 cm³/mol. The van der Waals surface area contributed by atoms with Crippen LogP contribution >= 0.6 is 11.3 Å². The van der Waals surface area contributed by atoms with Gasteiger partial charge in [-0.3, -0.25) is 4.90 Å². The smallest absolute Gasteiger partial charge is 0.319 e. The second-order valence-electron chi connectivity index (χ2n) is 15.1. The Morgan fingerprint density at radius 1 is 1.18 bits per heavy atom. The minimum Gasteiger partial charge on any atom is -0.463 e. The molecule has 10 nitrogen and oxygen atoms in total. The number of ether oxygens (including phenoxy) is 2. The van der Waals surface area contributed by atoms with Crippen LogP contribution in [0.1, 0.15) is 85.1 Å². The number of allylic oxidation sites excluding steroid dienone is 1. The van der Waals surface area contributed by atoms with E-state index >= 15 is 8.78 Å². The number of halogens is 2. The number of aliphatic hydroxyl groups is 1. The predicted octanol–water partition coefficient (Wildman–Crippen LogP) is 5.99. The Balaban J connectivity index is 1.26. The molecule has 3 atom stereocenters. The fraction of sp³-hybridized carbons (Fsp3) is 0.553. The molecule has 0 amide bonds. The average molecular weight is 718 g/mol. The number of β-amino-alcohol motifs (C(OH)–C–C–N with tert-alkyl or cyclic N) is 1. The minimum atomic E-state index is -0.633. The number of hydrogen-bond donors (Lipinski definition) is 2. The molecule has 2 bridgehead atoms. The molecular weight excluding hydrogens is 673 g/mol. The summed E-state index contributed by atoms with van der Waals surface area (Å²) >= 11 is 0.947. The number of fused-ring (bicyclic) bond motifs is 5. The highest BCUT2D eigenvalue weighted by molar-refractivity contribution is 7.17. The number of nitriles is 1. The molecule has 5 aliphatic rings. The van der Waals surface area contributed by atoms with E-state index in [0.29, 0.717) is 29.9 Å². The zero-order chi connectivity index (χ0) is 35.6. The van der Waals surface area contributed by atoms with E-state index < -0.39 is 17.7 Å². The van der Waals surface area contributed by atoms with E-state index in [2.05, 4.69) is 27.3 Å². The lowest BCUT2D eigenvalue weighted by Crippen LogP contribution is -2.55. The molecule has 4 aliphatic heterocycles. The first kappa shape index (κ1) is 34.4. The molecule has 13 heteroatoms. The van der Waals surface area contributed by atoms with Crippen LogP contribution in [0.5, 0.6) is 6.01 Å². The number of nitrogens with two attached hydrogens (primary N) is 1. The number of nitrogens with zero attached hydrogens (tertiary/aromatic N) is 6. The van der Waals surface area contributed by atoms with Crippen LogP contribution in [0.4, 0.5) is 19.6 Å². The van der Waals surface area contributed by atoms with Crippen molar-refractivity contribution in [1.29, 1.82) is 5.26 Å². The third-order valence-corrected chi connectivity index (χ3v) is 12.5. The largest absolute Gasteiger partial charge is 0.463 e. The number of piperazine rings is 1. The van der Waals surface area contributed by atoms with Gasteiger partial charge < -0.3 is 30.1 Å². The number of rotatable bonds is 11. The standard InChI is InChI=1S/C38H45F2N7O3S/c1-4-28(39)34-30(25(13-41)35(42)51-34)22(3)29-26-17-49-18-27(26)31-33(32(29)40)43-37(50-20-38(9-10-38)19-45-11-5-6-12-45)44-36(31)47-23-7-8-24(47)16-46(15-23)14-21(2)48/h4,21,23-24,48H,3,5-12,14-20,42H2,1-2H3/b28-4+. The van der Waals surface area contributed by atoms with Crippen molar-refractivity contribution in [2.45, 2.75) is 83.8 Å². The van der Waals surface area contributed by atoms with Gasteiger partial charge in [0.2, 0.25) is 0 Å². The monoisotopic (exact) mass is 717 g/mol. The van der Waals surface area contributed by atoms with Gasteiger partial charge in [-0.15, -0.1) is 11.3 Å². The van der Waals surface area contributed by atoms with Crippen LogP contribution in [0.25, 0.3) is 22.3 Å². The van der Waals surface area contributed by atoms with Crippen LogP contribution in [0.2, 0.25) is 0 Å². The number of benzene rings is 1. The molecule has 8 rings (SSSR count). The first-order valence-corrected chi connectivity index (χ1v) is 18.9. The molecule has 270 valence electrons. The molecule has 1 aromatic carbocycles. The van der Waals surface area contributed by atoms with E-state index in [4.69, 9.17) is 25.2 Å². The summed E-state index contributed by atoms with van der Waals surface area (Å²) in [6.45, 7) is 13.7. The Bertz CT molecular complexity index is 1950. The third-order valence-electron chi connectivity index (χ3n) is 11.4. The van der Waals surface area contributed by atoms with Gasteiger partial charge in [0.25, 0.3) is 0 Å². The number of hydrogen-bond acceptors (Lipinski definition) is 11. The molecule has 3 N–H and O–H groups in total. The maximum Gasteiger partial charge on any atom is 0.319 e. The fourth-order valence-electron chi connectivity index (χ4n) is 8.85. The Morgan fingerprint density at radius 3 is 2.53 bits per heavy atom. The van der Waals surface area contributed by atoms with Crippen molar-refractivity contribution in [1.82, 2.24) is 19.8 Å². The lowest BCUT2D eigenvalue weighted by atomic mass is 9.88. The van der Waals surface area contributed by atoms with Crippen molar-refractivity contribution in [2.75, 3.05) is 56.5 Å². The molecule has 6 heterocycles. The topological polar surface area (TPSA) is 124 Å². The number of aliphatic hydroxyl groups excluding tert-OH is 1. The van der Waals surface area contributed by atoms with E-state index in [0.717, 1.165) is 75.3 Å². The zero-order valence-electron chi connectivity index (χ0n) is 29.3. The fourth-order valence-corrected chi connectivity index (χ4v) is 9.86. The number of thiophene rings is 1. The second-order valence-corrected chi connectivity index (χ2v) is 16.1. The molecule has 51 heavy (non-hydrogen) atoms. The van der Waals surface area contributed by atoms with Crippen molar-refractivity contribution in [3.8, 4) is 12.1 Å². The highest BCUT2D eigenvalue weighted by Crippen LogP contribution is 2.49. The normalized spacial score (nSPS) is 23.5. The van der Waals surface area contributed by atoms with Gasteiger partial charge in [0.1, 0.15) is 28.2 Å². The summed E-state index contributed by atoms with van der Waals surface area (Å²) in [6, 6.07) is 2.46. The minimum absolute atomic E-state index is 0.0398. The summed E-state index contributed by atoms with van der Waals surface area (Å²) in [6.07, 6.45) is 7.34. The van der Waals surface area contributed by atoms with Crippen molar-refractivity contribution in [2.24, 2.45) is 5.41 Å². The quantitative estimate of drug-likeness (QED) is 0.244. The Hall–Kier alpha value is -3.67. The first-order chi connectivity index (χ1) is 24.6. The van der Waals surface area contributed by atoms with E-state index in [1.165, 1.54) is 18.9 Å². The van der Waals surface area contributed by atoms with Crippen molar-refractivity contribution in [3.05, 3.63) is 51.2 Å². The first-order valence-electron chi connectivity index (χ1n) is 18.1. The Morgan fingerprint density at radius 2 is 1.88 bits per heavy atom. The third kappa shape index (κ3) is 6.08. The summed E-state index contributed by atoms with van der Waals surface area (Å²) in [5.74, 6) is -0.557. The van der Waals surface area contributed by atoms with Gasteiger partial charge in [-0.1, -0.05) is 12.7 Å². The molecule has 2 aromatic heterocycles. The maximum atomic E-state index is 17.5. The zero-order valence-corrected chi connectivity index (χ0v) is 30.1. The molecule has 1 aliphatic carbocycles. The molecule has 0 spiro atoms. The van der Waals surface area contributed by atoms with E-state index in [1.807, 2.05) is 6.92 Å². The SMILES string of the molecule is C=C(c1c(/C(F)=C\C)sc(N)c1C#N)c1c2c(c3c(N4C5CCC4CN(CC(C)O)C5)nc(OCC4(CN5CCCC5)CC4)nc3c1F)COC2. The summed E-state index contributed by atoms with van der Waals surface area (Å²) in [4.78, 5) is 17.2. The highest BCUT2D eigenvalue weighted by atomic mass is 32.1. The van der Waals surface area contributed by atoms with Crippen molar-refractivity contribution in [3.63, 3.8) is 0 Å². The summed E-state index contributed by atoms with van der Waals surface area (Å²) in [5, 5.41) is 21.0. The molecule has 3 unspecified atom stereocenters.